The van der Waals surface area contributed by atoms with E-state index in [1.165, 1.54) is 18.4 Å². The molecule has 2 aromatic carbocycles. The van der Waals surface area contributed by atoms with Crippen LogP contribution in [0.4, 0.5) is 0 Å². The van der Waals surface area contributed by atoms with Gasteiger partial charge in [-0.05, 0) is 24.9 Å². The second kappa shape index (κ2) is 8.59. The molecule has 5 rings (SSSR count). The Morgan fingerprint density at radius 2 is 1.57 bits per heavy atom. The van der Waals surface area contributed by atoms with E-state index in [2.05, 4.69) is 50.2 Å². The molecule has 0 radical (unpaired) electrons. The number of likely N-dealkylation sites (tertiary alicyclic amines) is 1. The van der Waals surface area contributed by atoms with E-state index in [0.717, 1.165) is 48.1 Å². The van der Waals surface area contributed by atoms with Crippen molar-refractivity contribution >= 4 is 0 Å². The van der Waals surface area contributed by atoms with Crippen LogP contribution in [0.2, 0.25) is 0 Å². The predicted octanol–water partition coefficient (Wildman–Crippen LogP) is 4.91. The lowest BCUT2D eigenvalue weighted by Crippen LogP contribution is -2.34. The first-order valence-electron chi connectivity index (χ1n) is 10.5. The third kappa shape index (κ3) is 4.16. The Labute approximate surface area is 176 Å². The van der Waals surface area contributed by atoms with E-state index in [0.29, 0.717) is 5.92 Å². The fourth-order valence-electron chi connectivity index (χ4n) is 4.16. The first-order valence-corrected chi connectivity index (χ1v) is 10.5. The molecular formula is C25H25N5. The molecule has 0 bridgehead atoms. The number of rotatable bonds is 5. The summed E-state index contributed by atoms with van der Waals surface area (Å²) in [5.41, 5.74) is 4.33. The summed E-state index contributed by atoms with van der Waals surface area (Å²) in [7, 11) is 0. The number of aromatic nitrogens is 4. The van der Waals surface area contributed by atoms with Crippen LogP contribution in [0.1, 0.15) is 30.1 Å². The molecule has 1 saturated heterocycles. The zero-order chi connectivity index (χ0) is 20.2. The Hall–Kier alpha value is -3.31. The number of benzene rings is 2. The molecule has 0 saturated carbocycles. The molecule has 3 heterocycles. The van der Waals surface area contributed by atoms with E-state index in [4.69, 9.17) is 4.98 Å². The van der Waals surface area contributed by atoms with Gasteiger partial charge in [-0.1, -0.05) is 60.7 Å². The summed E-state index contributed by atoms with van der Waals surface area (Å²) >= 11 is 0. The Morgan fingerprint density at radius 1 is 0.833 bits per heavy atom. The smallest absolute Gasteiger partial charge is 0.159 e. The second-order valence-electron chi connectivity index (χ2n) is 7.90. The highest BCUT2D eigenvalue weighted by Gasteiger charge is 2.23. The second-order valence-corrected chi connectivity index (χ2v) is 7.90. The van der Waals surface area contributed by atoms with E-state index in [1.54, 1.807) is 0 Å². The molecule has 0 unspecified atom stereocenters. The van der Waals surface area contributed by atoms with Gasteiger partial charge < -0.3 is 4.98 Å². The quantitative estimate of drug-likeness (QED) is 0.521. The molecular weight excluding hydrogens is 370 g/mol. The van der Waals surface area contributed by atoms with Crippen molar-refractivity contribution in [2.75, 3.05) is 13.1 Å². The molecule has 0 aliphatic carbocycles. The number of piperidine rings is 1. The first kappa shape index (κ1) is 18.7. The molecule has 5 heteroatoms. The van der Waals surface area contributed by atoms with Crippen molar-refractivity contribution in [1.82, 2.24) is 24.8 Å². The minimum Gasteiger partial charge on any atom is -0.342 e. The van der Waals surface area contributed by atoms with Crippen molar-refractivity contribution < 1.29 is 0 Å². The van der Waals surface area contributed by atoms with E-state index in [9.17, 15) is 0 Å². The van der Waals surface area contributed by atoms with Crippen molar-refractivity contribution in [1.29, 1.82) is 0 Å². The van der Waals surface area contributed by atoms with Gasteiger partial charge in [0.2, 0.25) is 0 Å². The largest absolute Gasteiger partial charge is 0.342 e. The van der Waals surface area contributed by atoms with Crippen LogP contribution in [-0.2, 0) is 6.54 Å². The topological polar surface area (TPSA) is 57.7 Å². The number of imidazole rings is 1. The minimum atomic E-state index is 0.431. The molecule has 1 N–H and O–H groups in total. The SMILES string of the molecule is c1ccc(CN2CCC[C@@H](c3ncc(-c4cnc(-c5ccccc5)nc4)[nH]3)C2)cc1. The monoisotopic (exact) mass is 395 g/mol. The van der Waals surface area contributed by atoms with Gasteiger partial charge in [-0.2, -0.15) is 0 Å². The van der Waals surface area contributed by atoms with Crippen molar-refractivity contribution in [3.63, 3.8) is 0 Å². The van der Waals surface area contributed by atoms with E-state index in [1.807, 2.05) is 48.9 Å². The Bertz CT molecular complexity index is 1070. The van der Waals surface area contributed by atoms with Gasteiger partial charge in [0.1, 0.15) is 5.82 Å². The minimum absolute atomic E-state index is 0.431. The summed E-state index contributed by atoms with van der Waals surface area (Å²) in [6.07, 6.45) is 8.01. The molecule has 1 aliphatic rings. The Morgan fingerprint density at radius 3 is 2.33 bits per heavy atom. The van der Waals surface area contributed by atoms with Crippen LogP contribution in [0.15, 0.2) is 79.3 Å². The van der Waals surface area contributed by atoms with Crippen LogP contribution in [-0.4, -0.2) is 37.9 Å². The molecule has 4 aromatic rings. The lowest BCUT2D eigenvalue weighted by molar-refractivity contribution is 0.197. The maximum absolute atomic E-state index is 4.70. The molecule has 0 spiro atoms. The normalized spacial score (nSPS) is 17.1. The highest BCUT2D eigenvalue weighted by atomic mass is 15.1. The predicted molar refractivity (Wildman–Crippen MR) is 119 cm³/mol. The van der Waals surface area contributed by atoms with Gasteiger partial charge in [-0.3, -0.25) is 4.90 Å². The number of H-pyrrole nitrogens is 1. The third-order valence-corrected chi connectivity index (χ3v) is 5.73. The fourth-order valence-corrected chi connectivity index (χ4v) is 4.16. The average molecular weight is 396 g/mol. The van der Waals surface area contributed by atoms with Crippen LogP contribution in [0.25, 0.3) is 22.6 Å². The van der Waals surface area contributed by atoms with E-state index < -0.39 is 0 Å². The standard InChI is InChI=1S/C25H25N5/c1-3-8-19(9-4-1)17-30-13-7-12-21(18-30)25-28-16-23(29-25)22-14-26-24(27-15-22)20-10-5-2-6-11-20/h1-6,8-11,14-16,21H,7,12-13,17-18H2,(H,28,29)/t21-/m1/s1. The molecule has 1 atom stereocenters. The highest BCUT2D eigenvalue weighted by Crippen LogP contribution is 2.28. The van der Waals surface area contributed by atoms with Gasteiger partial charge in [-0.25, -0.2) is 15.0 Å². The number of hydrogen-bond donors (Lipinski definition) is 1. The van der Waals surface area contributed by atoms with Gasteiger partial charge >= 0.3 is 0 Å². The summed E-state index contributed by atoms with van der Waals surface area (Å²) in [6, 6.07) is 20.7. The summed E-state index contributed by atoms with van der Waals surface area (Å²) < 4.78 is 0. The fraction of sp³-hybridized carbons (Fsp3) is 0.240. The maximum Gasteiger partial charge on any atom is 0.159 e. The number of hydrogen-bond acceptors (Lipinski definition) is 4. The van der Waals surface area contributed by atoms with Gasteiger partial charge in [-0.15, -0.1) is 0 Å². The number of nitrogens with one attached hydrogen (secondary N) is 1. The van der Waals surface area contributed by atoms with Gasteiger partial charge in [0.15, 0.2) is 5.82 Å². The first-order chi connectivity index (χ1) is 14.8. The summed E-state index contributed by atoms with van der Waals surface area (Å²) in [6.45, 7) is 3.18. The van der Waals surface area contributed by atoms with Crippen LogP contribution < -0.4 is 0 Å². The summed E-state index contributed by atoms with van der Waals surface area (Å²) in [4.78, 5) is 19.8. The molecule has 1 aliphatic heterocycles. The van der Waals surface area contributed by atoms with Crippen LogP contribution >= 0.6 is 0 Å². The van der Waals surface area contributed by atoms with Crippen LogP contribution in [0, 0.1) is 0 Å². The number of aromatic amines is 1. The lowest BCUT2D eigenvalue weighted by atomic mass is 9.97. The molecule has 150 valence electrons. The zero-order valence-electron chi connectivity index (χ0n) is 16.9. The molecule has 5 nitrogen and oxygen atoms in total. The lowest BCUT2D eigenvalue weighted by Gasteiger charge is -2.31. The Kier molecular flexibility index (Phi) is 5.36. The van der Waals surface area contributed by atoms with E-state index in [-0.39, 0.29) is 0 Å². The molecule has 0 amide bonds. The van der Waals surface area contributed by atoms with Crippen LogP contribution in [0.3, 0.4) is 0 Å². The molecule has 1 fully saturated rings. The highest BCUT2D eigenvalue weighted by molar-refractivity contribution is 5.60. The summed E-state index contributed by atoms with van der Waals surface area (Å²) in [5, 5.41) is 0. The van der Waals surface area contributed by atoms with E-state index >= 15 is 0 Å². The zero-order valence-corrected chi connectivity index (χ0v) is 16.9. The molecule has 2 aromatic heterocycles. The van der Waals surface area contributed by atoms with Gasteiger partial charge in [0.25, 0.3) is 0 Å². The summed E-state index contributed by atoms with van der Waals surface area (Å²) in [5.74, 6) is 2.23. The van der Waals surface area contributed by atoms with Crippen molar-refractivity contribution in [3.8, 4) is 22.6 Å². The number of nitrogens with zero attached hydrogens (tertiary/aromatic N) is 4. The average Bonchev–Trinajstić information content (AvgIpc) is 3.31. The van der Waals surface area contributed by atoms with Gasteiger partial charge in [0.05, 0.1) is 11.9 Å². The van der Waals surface area contributed by atoms with Crippen molar-refractivity contribution in [2.24, 2.45) is 0 Å². The molecule has 30 heavy (non-hydrogen) atoms. The van der Waals surface area contributed by atoms with Crippen molar-refractivity contribution in [3.05, 3.63) is 90.6 Å². The maximum atomic E-state index is 4.70. The van der Waals surface area contributed by atoms with Crippen molar-refractivity contribution in [2.45, 2.75) is 25.3 Å². The van der Waals surface area contributed by atoms with Gasteiger partial charge in [0, 0.05) is 42.5 Å². The van der Waals surface area contributed by atoms with Crippen LogP contribution in [0.5, 0.6) is 0 Å². The third-order valence-electron chi connectivity index (χ3n) is 5.73. The Balaban J connectivity index is 1.28.